The van der Waals surface area contributed by atoms with E-state index in [1.165, 1.54) is 0 Å². The summed E-state index contributed by atoms with van der Waals surface area (Å²) in [4.78, 5) is 4.49. The number of hydrogen-bond acceptors (Lipinski definition) is 2. The molecule has 0 spiro atoms. The summed E-state index contributed by atoms with van der Waals surface area (Å²) in [5.74, 6) is 0. The van der Waals surface area contributed by atoms with Crippen molar-refractivity contribution < 1.29 is 0 Å². The number of nitrogens with zero attached hydrogens (tertiary/aromatic N) is 1. The van der Waals surface area contributed by atoms with Crippen LogP contribution in [0, 0.1) is 6.92 Å². The maximum absolute atomic E-state index is 6.30. The molecule has 3 aromatic rings. The van der Waals surface area contributed by atoms with E-state index in [4.69, 9.17) is 17.3 Å². The summed E-state index contributed by atoms with van der Waals surface area (Å²) < 4.78 is 0. The lowest BCUT2D eigenvalue weighted by Crippen LogP contribution is -1.97. The van der Waals surface area contributed by atoms with E-state index in [1.807, 2.05) is 37.4 Å². The quantitative estimate of drug-likeness (QED) is 0.709. The number of pyridine rings is 1. The van der Waals surface area contributed by atoms with Crippen LogP contribution in [0.3, 0.4) is 0 Å². The zero-order valence-corrected chi connectivity index (χ0v) is 12.0. The third-order valence-electron chi connectivity index (χ3n) is 3.47. The van der Waals surface area contributed by atoms with Gasteiger partial charge in [-0.3, -0.25) is 4.98 Å². The van der Waals surface area contributed by atoms with Crippen LogP contribution in [-0.4, -0.2) is 4.98 Å². The van der Waals surface area contributed by atoms with Gasteiger partial charge in [0, 0.05) is 28.7 Å². The Morgan fingerprint density at radius 2 is 1.95 bits per heavy atom. The molecule has 0 saturated carbocycles. The van der Waals surface area contributed by atoms with Gasteiger partial charge < -0.3 is 5.73 Å². The molecule has 0 aliphatic carbocycles. The van der Waals surface area contributed by atoms with Gasteiger partial charge in [0.2, 0.25) is 0 Å². The molecule has 3 heteroatoms. The topological polar surface area (TPSA) is 38.9 Å². The van der Waals surface area contributed by atoms with E-state index in [1.54, 1.807) is 6.07 Å². The molecule has 0 amide bonds. The molecule has 100 valence electrons. The third-order valence-corrected chi connectivity index (χ3v) is 3.81. The van der Waals surface area contributed by atoms with Crippen molar-refractivity contribution in [2.75, 3.05) is 5.73 Å². The smallest absolute Gasteiger partial charge is 0.0702 e. The maximum atomic E-state index is 6.30. The molecule has 3 rings (SSSR count). The Morgan fingerprint density at radius 1 is 1.15 bits per heavy atom. The fourth-order valence-corrected chi connectivity index (χ4v) is 2.78. The summed E-state index contributed by atoms with van der Waals surface area (Å²) in [6.07, 6.45) is 2.68. The Bertz CT molecular complexity index is 758. The molecule has 0 aliphatic heterocycles. The zero-order chi connectivity index (χ0) is 14.1. The van der Waals surface area contributed by atoms with Gasteiger partial charge in [-0.15, -0.1) is 0 Å². The summed E-state index contributed by atoms with van der Waals surface area (Å²) in [6, 6.07) is 14.0. The molecular formula is C17H15ClN2. The van der Waals surface area contributed by atoms with Crippen LogP contribution in [-0.2, 0) is 6.42 Å². The highest BCUT2D eigenvalue weighted by Crippen LogP contribution is 2.26. The first kappa shape index (κ1) is 12.9. The first-order valence-corrected chi connectivity index (χ1v) is 6.89. The lowest BCUT2D eigenvalue weighted by molar-refractivity contribution is 1.14. The highest BCUT2D eigenvalue weighted by Gasteiger charge is 2.07. The number of nitrogens with two attached hydrogens (primary N) is 1. The number of benzene rings is 2. The van der Waals surface area contributed by atoms with Crippen LogP contribution in [0.5, 0.6) is 0 Å². The minimum Gasteiger partial charge on any atom is -0.399 e. The SMILES string of the molecule is Cc1cc(N)cc(Cl)c1Cc1cnc2ccccc2c1. The van der Waals surface area contributed by atoms with Crippen molar-refractivity contribution in [3.63, 3.8) is 0 Å². The Balaban J connectivity index is 2.01. The van der Waals surface area contributed by atoms with Crippen LogP contribution in [0.2, 0.25) is 5.02 Å². The predicted octanol–water partition coefficient (Wildman–Crippen LogP) is 4.37. The molecule has 1 aromatic heterocycles. The molecule has 0 aliphatic rings. The number of nitrogen functional groups attached to an aromatic ring is 1. The van der Waals surface area contributed by atoms with Gasteiger partial charge in [-0.2, -0.15) is 0 Å². The molecule has 0 atom stereocenters. The third kappa shape index (κ3) is 2.47. The van der Waals surface area contributed by atoms with Crippen LogP contribution in [0.25, 0.3) is 10.9 Å². The second kappa shape index (κ2) is 5.14. The molecule has 2 aromatic carbocycles. The molecule has 1 heterocycles. The number of aryl methyl sites for hydroxylation is 1. The van der Waals surface area contributed by atoms with Gasteiger partial charge in [-0.05, 0) is 47.9 Å². The summed E-state index contributed by atoms with van der Waals surface area (Å²) in [6.45, 7) is 2.03. The fourth-order valence-electron chi connectivity index (χ4n) is 2.44. The largest absolute Gasteiger partial charge is 0.399 e. The van der Waals surface area contributed by atoms with E-state index in [0.717, 1.165) is 39.0 Å². The van der Waals surface area contributed by atoms with Crippen molar-refractivity contribution >= 4 is 28.2 Å². The van der Waals surface area contributed by atoms with Crippen LogP contribution in [0.1, 0.15) is 16.7 Å². The van der Waals surface area contributed by atoms with Crippen molar-refractivity contribution in [3.8, 4) is 0 Å². The molecule has 0 bridgehead atoms. The van der Waals surface area contributed by atoms with Crippen molar-refractivity contribution in [3.05, 3.63) is 70.4 Å². The molecule has 20 heavy (non-hydrogen) atoms. The summed E-state index contributed by atoms with van der Waals surface area (Å²) in [5.41, 5.74) is 10.9. The predicted molar refractivity (Wildman–Crippen MR) is 85.2 cm³/mol. The second-order valence-electron chi connectivity index (χ2n) is 5.01. The van der Waals surface area contributed by atoms with Crippen LogP contribution < -0.4 is 5.73 Å². The van der Waals surface area contributed by atoms with Gasteiger partial charge in [-0.1, -0.05) is 29.8 Å². The Hall–Kier alpha value is -2.06. The normalized spacial score (nSPS) is 10.9. The summed E-state index contributed by atoms with van der Waals surface area (Å²) in [7, 11) is 0. The number of para-hydroxylation sites is 1. The number of rotatable bonds is 2. The number of hydrogen-bond donors (Lipinski definition) is 1. The van der Waals surface area contributed by atoms with E-state index in [0.29, 0.717) is 5.69 Å². The average molecular weight is 283 g/mol. The van der Waals surface area contributed by atoms with E-state index >= 15 is 0 Å². The first-order valence-electron chi connectivity index (χ1n) is 6.51. The number of anilines is 1. The van der Waals surface area contributed by atoms with E-state index in [-0.39, 0.29) is 0 Å². The molecule has 2 nitrogen and oxygen atoms in total. The van der Waals surface area contributed by atoms with Crippen molar-refractivity contribution in [1.82, 2.24) is 4.98 Å². The van der Waals surface area contributed by atoms with Crippen molar-refractivity contribution in [2.45, 2.75) is 13.3 Å². The zero-order valence-electron chi connectivity index (χ0n) is 11.2. The van der Waals surface area contributed by atoms with Crippen LogP contribution in [0.4, 0.5) is 5.69 Å². The number of fused-ring (bicyclic) bond motifs is 1. The van der Waals surface area contributed by atoms with Crippen LogP contribution >= 0.6 is 11.6 Å². The summed E-state index contributed by atoms with van der Waals surface area (Å²) >= 11 is 6.30. The van der Waals surface area contributed by atoms with Gasteiger partial charge >= 0.3 is 0 Å². The van der Waals surface area contributed by atoms with Gasteiger partial charge in [0.1, 0.15) is 0 Å². The van der Waals surface area contributed by atoms with E-state index in [9.17, 15) is 0 Å². The fraction of sp³-hybridized carbons (Fsp3) is 0.118. The molecule has 0 radical (unpaired) electrons. The van der Waals surface area contributed by atoms with Gasteiger partial charge in [0.05, 0.1) is 5.52 Å². The Labute approximate surface area is 123 Å². The lowest BCUT2D eigenvalue weighted by Gasteiger charge is -2.10. The highest BCUT2D eigenvalue weighted by atomic mass is 35.5. The molecule has 2 N–H and O–H groups in total. The van der Waals surface area contributed by atoms with E-state index in [2.05, 4.69) is 17.1 Å². The average Bonchev–Trinajstić information content (AvgIpc) is 2.42. The maximum Gasteiger partial charge on any atom is 0.0702 e. The summed E-state index contributed by atoms with van der Waals surface area (Å²) in [5, 5.41) is 1.87. The van der Waals surface area contributed by atoms with Crippen LogP contribution in [0.15, 0.2) is 48.7 Å². The Morgan fingerprint density at radius 3 is 2.75 bits per heavy atom. The number of aromatic nitrogens is 1. The monoisotopic (exact) mass is 282 g/mol. The Kier molecular flexibility index (Phi) is 3.33. The van der Waals surface area contributed by atoms with E-state index < -0.39 is 0 Å². The van der Waals surface area contributed by atoms with Crippen molar-refractivity contribution in [1.29, 1.82) is 0 Å². The number of halogens is 1. The molecule has 0 unspecified atom stereocenters. The lowest BCUT2D eigenvalue weighted by atomic mass is 10.00. The van der Waals surface area contributed by atoms with Gasteiger partial charge in [-0.25, -0.2) is 0 Å². The second-order valence-corrected chi connectivity index (χ2v) is 5.42. The van der Waals surface area contributed by atoms with Crippen molar-refractivity contribution in [2.24, 2.45) is 0 Å². The van der Waals surface area contributed by atoms with Gasteiger partial charge in [0.15, 0.2) is 0 Å². The molecule has 0 saturated heterocycles. The molecular weight excluding hydrogens is 268 g/mol. The minimum absolute atomic E-state index is 0.702. The first-order chi connectivity index (χ1) is 9.63. The minimum atomic E-state index is 0.702. The standard InChI is InChI=1S/C17H15ClN2/c1-11-6-14(19)9-16(18)15(11)8-12-7-13-4-2-3-5-17(13)20-10-12/h2-7,9-10H,8,19H2,1H3. The highest BCUT2D eigenvalue weighted by molar-refractivity contribution is 6.31. The molecule has 0 fully saturated rings. The van der Waals surface area contributed by atoms with Gasteiger partial charge in [0.25, 0.3) is 0 Å².